The first-order chi connectivity index (χ1) is 22.0. The summed E-state index contributed by atoms with van der Waals surface area (Å²) in [6.45, 7) is 6.00. The topological polar surface area (TPSA) is 104 Å². The number of aryl methyl sites for hydroxylation is 2. The molecule has 236 valence electrons. The second-order valence-corrected chi connectivity index (χ2v) is 10.4. The van der Waals surface area contributed by atoms with Gasteiger partial charge in [-0.2, -0.15) is 0 Å². The van der Waals surface area contributed by atoms with Gasteiger partial charge in [0.25, 0.3) is 11.8 Å². The predicted octanol–water partition coefficient (Wildman–Crippen LogP) is 7.22. The molecular weight excluding hydrogens is 580 g/mol. The lowest BCUT2D eigenvalue weighted by Crippen LogP contribution is -2.26. The predicted molar refractivity (Wildman–Crippen MR) is 183 cm³/mol. The van der Waals surface area contributed by atoms with Gasteiger partial charge in [0.2, 0.25) is 0 Å². The van der Waals surface area contributed by atoms with Gasteiger partial charge in [-0.15, -0.1) is 0 Å². The molecule has 1 N–H and O–H groups in total. The summed E-state index contributed by atoms with van der Waals surface area (Å²) in [4.78, 5) is 50.2. The summed E-state index contributed by atoms with van der Waals surface area (Å²) >= 11 is 0. The standard InChI is InChI=1S/C20H21NO3.C18H17NO3/c1-4-24-19(22)12-11-16-8-6-10-18(14-16)21(3)20(23)17-9-5-7-15(2)13-17;1-13-5-3-7-15(11-13)18(22)19(2)16-8-4-6-14(12-16)9-10-17(20)21/h5-14H,4H2,1-3H3;3-12H,1-2H3,(H,20,21)/b12-11+;10-9+. The fourth-order valence-corrected chi connectivity index (χ4v) is 4.37. The van der Waals surface area contributed by atoms with Gasteiger partial charge in [-0.05, 0) is 92.6 Å². The Kier molecular flexibility index (Phi) is 12.8. The molecule has 8 nitrogen and oxygen atoms in total. The lowest BCUT2D eigenvalue weighted by atomic mass is 10.1. The zero-order chi connectivity index (χ0) is 33.6. The number of carbonyl (C=O) groups is 4. The minimum Gasteiger partial charge on any atom is -0.478 e. The number of hydrogen-bond acceptors (Lipinski definition) is 5. The van der Waals surface area contributed by atoms with Crippen molar-refractivity contribution >= 4 is 47.3 Å². The molecule has 2 amide bonds. The zero-order valence-corrected chi connectivity index (χ0v) is 26.6. The van der Waals surface area contributed by atoms with E-state index in [0.717, 1.165) is 34.0 Å². The Hall–Kier alpha value is -5.76. The van der Waals surface area contributed by atoms with Crippen LogP contribution in [0.1, 0.15) is 49.9 Å². The molecule has 0 fully saturated rings. The molecule has 0 heterocycles. The van der Waals surface area contributed by atoms with Crippen LogP contribution in [0.15, 0.2) is 109 Å². The van der Waals surface area contributed by atoms with Gasteiger partial charge >= 0.3 is 11.9 Å². The molecule has 4 rings (SSSR count). The summed E-state index contributed by atoms with van der Waals surface area (Å²) in [6.07, 6.45) is 5.62. The van der Waals surface area contributed by atoms with Crippen LogP contribution in [0, 0.1) is 13.8 Å². The van der Waals surface area contributed by atoms with E-state index < -0.39 is 5.97 Å². The molecule has 0 saturated heterocycles. The van der Waals surface area contributed by atoms with Crippen LogP contribution in [0.5, 0.6) is 0 Å². The van der Waals surface area contributed by atoms with E-state index in [0.29, 0.717) is 23.4 Å². The molecular formula is C38H38N2O6. The molecule has 4 aromatic carbocycles. The van der Waals surface area contributed by atoms with Crippen molar-refractivity contribution in [1.82, 2.24) is 0 Å². The van der Waals surface area contributed by atoms with E-state index in [1.807, 2.05) is 80.6 Å². The highest BCUT2D eigenvalue weighted by Gasteiger charge is 2.15. The van der Waals surface area contributed by atoms with E-state index in [-0.39, 0.29) is 17.8 Å². The number of carboxylic acid groups (broad SMARTS) is 1. The average molecular weight is 619 g/mol. The van der Waals surface area contributed by atoms with Crippen molar-refractivity contribution in [3.63, 3.8) is 0 Å². The van der Waals surface area contributed by atoms with E-state index in [1.165, 1.54) is 12.2 Å². The number of anilines is 2. The first-order valence-corrected chi connectivity index (χ1v) is 14.6. The third kappa shape index (κ3) is 10.4. The number of rotatable bonds is 9. The van der Waals surface area contributed by atoms with Crippen molar-refractivity contribution in [2.45, 2.75) is 20.8 Å². The maximum Gasteiger partial charge on any atom is 0.330 e. The molecule has 0 unspecified atom stereocenters. The van der Waals surface area contributed by atoms with Crippen molar-refractivity contribution in [2.75, 3.05) is 30.5 Å². The van der Waals surface area contributed by atoms with E-state index in [1.54, 1.807) is 67.2 Å². The normalized spacial score (nSPS) is 10.6. The lowest BCUT2D eigenvalue weighted by molar-refractivity contribution is -0.137. The van der Waals surface area contributed by atoms with Crippen molar-refractivity contribution in [3.8, 4) is 0 Å². The molecule has 0 bridgehead atoms. The van der Waals surface area contributed by atoms with E-state index in [2.05, 4.69) is 0 Å². The van der Waals surface area contributed by atoms with Gasteiger partial charge in [0.15, 0.2) is 0 Å². The first kappa shape index (κ1) is 34.7. The fraction of sp³-hybridized carbons (Fsp3) is 0.158. The van der Waals surface area contributed by atoms with Crippen molar-refractivity contribution < 1.29 is 29.0 Å². The highest BCUT2D eigenvalue weighted by atomic mass is 16.5. The number of carboxylic acids is 1. The number of amides is 2. The average Bonchev–Trinajstić information content (AvgIpc) is 3.05. The molecule has 4 aromatic rings. The van der Waals surface area contributed by atoms with Crippen LogP contribution in [0.3, 0.4) is 0 Å². The minimum atomic E-state index is -1.01. The number of benzene rings is 4. The maximum absolute atomic E-state index is 12.6. The number of aliphatic carboxylic acids is 1. The first-order valence-electron chi connectivity index (χ1n) is 14.6. The van der Waals surface area contributed by atoms with Gasteiger partial charge in [-0.1, -0.05) is 59.7 Å². The number of hydrogen-bond donors (Lipinski definition) is 1. The van der Waals surface area contributed by atoms with Crippen LogP contribution < -0.4 is 9.80 Å². The van der Waals surface area contributed by atoms with Crippen LogP contribution in [-0.4, -0.2) is 49.6 Å². The Morgan fingerprint density at radius 2 is 1.09 bits per heavy atom. The number of esters is 1. The second-order valence-electron chi connectivity index (χ2n) is 10.4. The van der Waals surface area contributed by atoms with Crippen LogP contribution in [-0.2, 0) is 14.3 Å². The Balaban J connectivity index is 0.000000251. The highest BCUT2D eigenvalue weighted by molar-refractivity contribution is 6.06. The molecule has 0 aliphatic heterocycles. The number of nitrogens with zero attached hydrogens (tertiary/aromatic N) is 2. The SMILES string of the molecule is CCOC(=O)/C=C/c1cccc(N(C)C(=O)c2cccc(C)c2)c1.Cc1cccc(C(=O)N(C)c2cccc(/C=C/C(=O)O)c2)c1. The van der Waals surface area contributed by atoms with Gasteiger partial charge in [0.1, 0.15) is 0 Å². The minimum absolute atomic E-state index is 0.0785. The summed E-state index contributed by atoms with van der Waals surface area (Å²) in [7, 11) is 3.43. The van der Waals surface area contributed by atoms with Crippen LogP contribution in [0.4, 0.5) is 11.4 Å². The molecule has 0 aromatic heterocycles. The lowest BCUT2D eigenvalue weighted by Gasteiger charge is -2.18. The van der Waals surface area contributed by atoms with Crippen LogP contribution in [0.2, 0.25) is 0 Å². The van der Waals surface area contributed by atoms with Gasteiger partial charge in [0, 0.05) is 48.7 Å². The van der Waals surface area contributed by atoms with Gasteiger partial charge in [-0.25, -0.2) is 9.59 Å². The summed E-state index contributed by atoms with van der Waals surface area (Å²) in [6, 6.07) is 29.5. The monoisotopic (exact) mass is 618 g/mol. The van der Waals surface area contributed by atoms with Crippen LogP contribution >= 0.6 is 0 Å². The van der Waals surface area contributed by atoms with Gasteiger partial charge in [0.05, 0.1) is 6.61 Å². The van der Waals surface area contributed by atoms with Crippen molar-refractivity contribution in [2.24, 2.45) is 0 Å². The van der Waals surface area contributed by atoms with E-state index in [4.69, 9.17) is 9.84 Å². The van der Waals surface area contributed by atoms with Gasteiger partial charge < -0.3 is 19.6 Å². The van der Waals surface area contributed by atoms with Crippen molar-refractivity contribution in [3.05, 3.63) is 143 Å². The molecule has 0 radical (unpaired) electrons. The molecule has 0 spiro atoms. The maximum atomic E-state index is 12.6. The number of ether oxygens (including phenoxy) is 1. The summed E-state index contributed by atoms with van der Waals surface area (Å²) in [5.41, 5.74) is 6.34. The Morgan fingerprint density at radius 1 is 0.652 bits per heavy atom. The Labute approximate surface area is 269 Å². The molecule has 0 aliphatic carbocycles. The highest BCUT2D eigenvalue weighted by Crippen LogP contribution is 2.20. The second kappa shape index (κ2) is 16.9. The molecule has 0 atom stereocenters. The molecule has 8 heteroatoms. The fourth-order valence-electron chi connectivity index (χ4n) is 4.37. The quantitative estimate of drug-likeness (QED) is 0.157. The van der Waals surface area contributed by atoms with Crippen LogP contribution in [0.25, 0.3) is 12.2 Å². The largest absolute Gasteiger partial charge is 0.478 e. The summed E-state index contributed by atoms with van der Waals surface area (Å²) in [5.74, 6) is -1.57. The molecule has 0 aliphatic rings. The number of carbonyl (C=O) groups excluding carboxylic acids is 3. The van der Waals surface area contributed by atoms with E-state index >= 15 is 0 Å². The zero-order valence-electron chi connectivity index (χ0n) is 26.6. The summed E-state index contributed by atoms with van der Waals surface area (Å²) < 4.78 is 4.86. The van der Waals surface area contributed by atoms with Crippen molar-refractivity contribution in [1.29, 1.82) is 0 Å². The summed E-state index contributed by atoms with van der Waals surface area (Å²) in [5, 5.41) is 8.66. The van der Waals surface area contributed by atoms with Gasteiger partial charge in [-0.3, -0.25) is 9.59 Å². The van der Waals surface area contributed by atoms with E-state index in [9.17, 15) is 19.2 Å². The molecule has 46 heavy (non-hydrogen) atoms. The smallest absolute Gasteiger partial charge is 0.330 e. The Bertz CT molecular complexity index is 1760. The molecule has 0 saturated carbocycles. The third-order valence-corrected chi connectivity index (χ3v) is 6.77. The Morgan fingerprint density at radius 3 is 1.50 bits per heavy atom. The third-order valence-electron chi connectivity index (χ3n) is 6.77.